The molecule has 6 heteroatoms. The van der Waals surface area contributed by atoms with Gasteiger partial charge < -0.3 is 10.4 Å². The molecule has 1 aromatic carbocycles. The number of amides is 1. The highest BCUT2D eigenvalue weighted by molar-refractivity contribution is 9.10. The van der Waals surface area contributed by atoms with E-state index in [0.29, 0.717) is 23.6 Å². The molecule has 0 heterocycles. The Morgan fingerprint density at radius 1 is 1.20 bits per heavy atom. The lowest BCUT2D eigenvalue weighted by atomic mass is 10.1. The van der Waals surface area contributed by atoms with Crippen molar-refractivity contribution >= 4 is 39.4 Å². The second-order valence-corrected chi connectivity index (χ2v) is 5.70. The van der Waals surface area contributed by atoms with Gasteiger partial charge in [0.1, 0.15) is 0 Å². The van der Waals surface area contributed by atoms with Crippen molar-refractivity contribution in [3.05, 3.63) is 33.3 Å². The number of hydrogen-bond acceptors (Lipinski definition) is 2. The van der Waals surface area contributed by atoms with Gasteiger partial charge in [-0.3, -0.25) is 9.59 Å². The molecule has 1 amide bonds. The van der Waals surface area contributed by atoms with Crippen LogP contribution in [0.15, 0.2) is 22.7 Å². The lowest BCUT2D eigenvalue weighted by Gasteiger charge is -2.06. The minimum Gasteiger partial charge on any atom is -0.481 e. The van der Waals surface area contributed by atoms with E-state index in [1.165, 1.54) is 0 Å². The average molecular weight is 363 g/mol. The molecule has 0 aliphatic carbocycles. The Morgan fingerprint density at radius 2 is 1.90 bits per heavy atom. The molecule has 1 rings (SSSR count). The Kier molecular flexibility index (Phi) is 7.62. The third kappa shape index (κ3) is 6.39. The van der Waals surface area contributed by atoms with Gasteiger partial charge in [0.05, 0.1) is 5.02 Å². The summed E-state index contributed by atoms with van der Waals surface area (Å²) in [4.78, 5) is 22.1. The molecule has 0 fully saturated rings. The van der Waals surface area contributed by atoms with Gasteiger partial charge in [-0.25, -0.2) is 0 Å². The monoisotopic (exact) mass is 361 g/mol. The molecule has 4 nitrogen and oxygen atoms in total. The molecule has 0 aliphatic rings. The van der Waals surface area contributed by atoms with Crippen LogP contribution >= 0.6 is 27.5 Å². The van der Waals surface area contributed by atoms with Gasteiger partial charge >= 0.3 is 5.97 Å². The first-order valence-corrected chi connectivity index (χ1v) is 7.63. The topological polar surface area (TPSA) is 66.4 Å². The molecule has 0 bridgehead atoms. The summed E-state index contributed by atoms with van der Waals surface area (Å²) in [6, 6.07) is 5.06. The Bertz CT molecular complexity index is 479. The van der Waals surface area contributed by atoms with Gasteiger partial charge in [-0.1, -0.05) is 24.4 Å². The minimum absolute atomic E-state index is 0.148. The quantitative estimate of drug-likeness (QED) is 0.690. The van der Waals surface area contributed by atoms with Crippen molar-refractivity contribution < 1.29 is 14.7 Å². The third-order valence-electron chi connectivity index (χ3n) is 2.78. The van der Waals surface area contributed by atoms with Gasteiger partial charge in [0, 0.05) is 23.0 Å². The highest BCUT2D eigenvalue weighted by Gasteiger charge is 2.07. The van der Waals surface area contributed by atoms with Crippen LogP contribution in [0.3, 0.4) is 0 Å². The lowest BCUT2D eigenvalue weighted by molar-refractivity contribution is -0.137. The second-order valence-electron chi connectivity index (χ2n) is 4.44. The molecule has 0 atom stereocenters. The molecule has 1 aromatic rings. The molecular weight excluding hydrogens is 346 g/mol. The predicted molar refractivity (Wildman–Crippen MR) is 82.2 cm³/mol. The number of carbonyl (C=O) groups is 2. The first-order chi connectivity index (χ1) is 9.50. The zero-order valence-corrected chi connectivity index (χ0v) is 13.3. The van der Waals surface area contributed by atoms with E-state index in [1.54, 1.807) is 18.2 Å². The Morgan fingerprint density at radius 3 is 2.55 bits per heavy atom. The Hall–Kier alpha value is -1.07. The molecule has 110 valence electrons. The molecule has 2 N–H and O–H groups in total. The van der Waals surface area contributed by atoms with Crippen LogP contribution in [0.5, 0.6) is 0 Å². The molecule has 0 unspecified atom stereocenters. The smallest absolute Gasteiger partial charge is 0.303 e. The number of carbonyl (C=O) groups excluding carboxylic acids is 1. The summed E-state index contributed by atoms with van der Waals surface area (Å²) in [5, 5.41) is 11.8. The summed E-state index contributed by atoms with van der Waals surface area (Å²) in [7, 11) is 0. The van der Waals surface area contributed by atoms with Crippen LogP contribution in [0.4, 0.5) is 0 Å². The molecule has 0 spiro atoms. The van der Waals surface area contributed by atoms with E-state index in [0.717, 1.165) is 23.7 Å². The summed E-state index contributed by atoms with van der Waals surface area (Å²) in [5.74, 6) is -0.907. The van der Waals surface area contributed by atoms with Crippen molar-refractivity contribution in [1.82, 2.24) is 5.32 Å². The number of carboxylic acids is 1. The van der Waals surface area contributed by atoms with Crippen LogP contribution in [-0.4, -0.2) is 23.5 Å². The zero-order chi connectivity index (χ0) is 15.0. The Labute approximate surface area is 131 Å². The standard InChI is InChI=1S/C14H17BrClNO3/c15-11-7-6-10(9-12(11)16)14(20)17-8-4-2-1-3-5-13(18)19/h6-7,9H,1-5,8H2,(H,17,20)(H,18,19). The SMILES string of the molecule is O=C(O)CCCCCCNC(=O)c1ccc(Br)c(Cl)c1. The fraction of sp³-hybridized carbons (Fsp3) is 0.429. The summed E-state index contributed by atoms with van der Waals surface area (Å²) < 4.78 is 0.758. The van der Waals surface area contributed by atoms with Crippen molar-refractivity contribution in [3.63, 3.8) is 0 Å². The first kappa shape index (κ1) is 17.0. The fourth-order valence-electron chi connectivity index (χ4n) is 1.70. The highest BCUT2D eigenvalue weighted by Crippen LogP contribution is 2.23. The van der Waals surface area contributed by atoms with Crippen molar-refractivity contribution in [1.29, 1.82) is 0 Å². The third-order valence-corrected chi connectivity index (χ3v) is 4.02. The van der Waals surface area contributed by atoms with E-state index in [1.807, 2.05) is 0 Å². The van der Waals surface area contributed by atoms with E-state index in [9.17, 15) is 9.59 Å². The van der Waals surface area contributed by atoms with Gasteiger partial charge in [-0.05, 0) is 47.0 Å². The van der Waals surface area contributed by atoms with Crippen molar-refractivity contribution in [2.75, 3.05) is 6.54 Å². The van der Waals surface area contributed by atoms with E-state index in [-0.39, 0.29) is 12.3 Å². The number of aliphatic carboxylic acids is 1. The number of nitrogens with one attached hydrogen (secondary N) is 1. The number of carboxylic acid groups (broad SMARTS) is 1. The van der Waals surface area contributed by atoms with Gasteiger partial charge in [0.2, 0.25) is 0 Å². The van der Waals surface area contributed by atoms with Gasteiger partial charge in [-0.2, -0.15) is 0 Å². The van der Waals surface area contributed by atoms with Gasteiger partial charge in [-0.15, -0.1) is 0 Å². The number of rotatable bonds is 8. The molecule has 0 aliphatic heterocycles. The van der Waals surface area contributed by atoms with Crippen LogP contribution in [-0.2, 0) is 4.79 Å². The van der Waals surface area contributed by atoms with E-state index in [4.69, 9.17) is 16.7 Å². The summed E-state index contributed by atoms with van der Waals surface area (Å²) in [5.41, 5.74) is 0.532. The summed E-state index contributed by atoms with van der Waals surface area (Å²) in [6.07, 6.45) is 3.52. The van der Waals surface area contributed by atoms with E-state index >= 15 is 0 Å². The number of benzene rings is 1. The predicted octanol–water partition coefficient (Wildman–Crippen LogP) is 3.87. The van der Waals surface area contributed by atoms with Crippen molar-refractivity contribution in [2.45, 2.75) is 32.1 Å². The van der Waals surface area contributed by atoms with Crippen molar-refractivity contribution in [3.8, 4) is 0 Å². The molecule has 0 saturated heterocycles. The molecule has 20 heavy (non-hydrogen) atoms. The lowest BCUT2D eigenvalue weighted by Crippen LogP contribution is -2.24. The van der Waals surface area contributed by atoms with E-state index in [2.05, 4.69) is 21.2 Å². The maximum absolute atomic E-state index is 11.8. The Balaban J connectivity index is 2.20. The van der Waals surface area contributed by atoms with Crippen molar-refractivity contribution in [2.24, 2.45) is 0 Å². The summed E-state index contributed by atoms with van der Waals surface area (Å²) in [6.45, 7) is 0.583. The maximum atomic E-state index is 11.8. The van der Waals surface area contributed by atoms with E-state index < -0.39 is 5.97 Å². The molecule has 0 aromatic heterocycles. The fourth-order valence-corrected chi connectivity index (χ4v) is 2.12. The van der Waals surface area contributed by atoms with Crippen LogP contribution in [0.1, 0.15) is 42.5 Å². The second kappa shape index (κ2) is 8.97. The number of unbranched alkanes of at least 4 members (excludes halogenated alkanes) is 3. The largest absolute Gasteiger partial charge is 0.481 e. The minimum atomic E-state index is -0.759. The zero-order valence-electron chi connectivity index (χ0n) is 11.0. The van der Waals surface area contributed by atoms with Crippen LogP contribution in [0.25, 0.3) is 0 Å². The van der Waals surface area contributed by atoms with Crippen LogP contribution in [0, 0.1) is 0 Å². The number of halogens is 2. The summed E-state index contributed by atoms with van der Waals surface area (Å²) >= 11 is 9.20. The normalized spacial score (nSPS) is 10.3. The molecular formula is C14H17BrClNO3. The molecule has 0 radical (unpaired) electrons. The van der Waals surface area contributed by atoms with Crippen LogP contribution in [0.2, 0.25) is 5.02 Å². The maximum Gasteiger partial charge on any atom is 0.303 e. The molecule has 0 saturated carbocycles. The van der Waals surface area contributed by atoms with Gasteiger partial charge in [0.15, 0.2) is 0 Å². The van der Waals surface area contributed by atoms with Crippen LogP contribution < -0.4 is 5.32 Å². The average Bonchev–Trinajstić information content (AvgIpc) is 2.40. The first-order valence-electron chi connectivity index (χ1n) is 6.45. The highest BCUT2D eigenvalue weighted by atomic mass is 79.9. The number of hydrogen-bond donors (Lipinski definition) is 2. The van der Waals surface area contributed by atoms with Gasteiger partial charge in [0.25, 0.3) is 5.91 Å².